The highest BCUT2D eigenvalue weighted by atomic mass is 16.6. The van der Waals surface area contributed by atoms with Crippen molar-refractivity contribution in [2.24, 2.45) is 0 Å². The normalized spacial score (nSPS) is 11.1. The van der Waals surface area contributed by atoms with E-state index in [1.165, 1.54) is 0 Å². The summed E-state index contributed by atoms with van der Waals surface area (Å²) in [6, 6.07) is 0. The monoisotopic (exact) mass is 199 g/mol. The van der Waals surface area contributed by atoms with Gasteiger partial charge in [0.05, 0.1) is 0 Å². The second kappa shape index (κ2) is 3.52. The fourth-order valence-corrected chi connectivity index (χ4v) is 0.731. The molecular weight excluding hydrogens is 186 g/mol. The van der Waals surface area contributed by atoms with Crippen LogP contribution < -0.4 is 11.1 Å². The van der Waals surface area contributed by atoms with E-state index in [0.29, 0.717) is 0 Å². The van der Waals surface area contributed by atoms with Crippen LogP contribution in [0.15, 0.2) is 0 Å². The van der Waals surface area contributed by atoms with E-state index in [-0.39, 0.29) is 11.6 Å². The number of aromatic amines is 1. The fraction of sp³-hybridized carbons (Fsp3) is 0.571. The number of carbonyl (C=O) groups is 1. The molecule has 4 N–H and O–H groups in total. The molecule has 7 nitrogen and oxygen atoms in total. The van der Waals surface area contributed by atoms with E-state index in [1.54, 1.807) is 20.8 Å². The zero-order valence-corrected chi connectivity index (χ0v) is 8.29. The Hall–Kier alpha value is -1.79. The van der Waals surface area contributed by atoms with Gasteiger partial charge in [0.15, 0.2) is 5.82 Å². The van der Waals surface area contributed by atoms with Gasteiger partial charge >= 0.3 is 6.09 Å². The molecule has 0 aliphatic carbocycles. The number of amides is 1. The molecule has 0 radical (unpaired) electrons. The summed E-state index contributed by atoms with van der Waals surface area (Å²) in [5.41, 5.74) is 4.82. The standard InChI is InChI=1S/C7H13N5O2/c1-7(2,3)14-6(13)9-5-4(8)10-12-11-5/h1-3H3,(H4,8,9,10,11,12,13). The van der Waals surface area contributed by atoms with E-state index in [9.17, 15) is 4.79 Å². The highest BCUT2D eigenvalue weighted by Crippen LogP contribution is 2.12. The van der Waals surface area contributed by atoms with Gasteiger partial charge in [0.1, 0.15) is 5.60 Å². The van der Waals surface area contributed by atoms with E-state index in [2.05, 4.69) is 20.7 Å². The van der Waals surface area contributed by atoms with Crippen LogP contribution in [0.4, 0.5) is 16.4 Å². The third-order valence-corrected chi connectivity index (χ3v) is 1.19. The SMILES string of the molecule is CC(C)(C)OC(=O)Nc1n[nH]nc1N. The number of hydrogen-bond donors (Lipinski definition) is 3. The van der Waals surface area contributed by atoms with Crippen molar-refractivity contribution in [3.05, 3.63) is 0 Å². The minimum atomic E-state index is -0.613. The molecule has 14 heavy (non-hydrogen) atoms. The molecule has 0 aromatic carbocycles. The maximum absolute atomic E-state index is 11.2. The van der Waals surface area contributed by atoms with Crippen molar-refractivity contribution in [2.45, 2.75) is 26.4 Å². The minimum absolute atomic E-state index is 0.121. The zero-order valence-electron chi connectivity index (χ0n) is 8.29. The van der Waals surface area contributed by atoms with E-state index < -0.39 is 11.7 Å². The van der Waals surface area contributed by atoms with E-state index in [1.807, 2.05) is 0 Å². The van der Waals surface area contributed by atoms with Crippen LogP contribution in [0, 0.1) is 0 Å². The molecule has 0 aliphatic rings. The summed E-state index contributed by atoms with van der Waals surface area (Å²) in [7, 11) is 0. The number of aromatic nitrogens is 3. The van der Waals surface area contributed by atoms with Gasteiger partial charge in [-0.3, -0.25) is 5.32 Å². The molecule has 78 valence electrons. The van der Waals surface area contributed by atoms with Gasteiger partial charge in [0.2, 0.25) is 5.82 Å². The number of rotatable bonds is 1. The molecule has 1 rings (SSSR count). The summed E-state index contributed by atoms with van der Waals surface area (Å²) >= 11 is 0. The first-order chi connectivity index (χ1) is 6.38. The average molecular weight is 199 g/mol. The Balaban J connectivity index is 2.54. The second-order valence-corrected chi connectivity index (χ2v) is 3.68. The average Bonchev–Trinajstić information content (AvgIpc) is 2.32. The lowest BCUT2D eigenvalue weighted by molar-refractivity contribution is 0.0635. The van der Waals surface area contributed by atoms with Gasteiger partial charge in [-0.05, 0) is 20.8 Å². The summed E-state index contributed by atoms with van der Waals surface area (Å²) in [5.74, 6) is 0.287. The highest BCUT2D eigenvalue weighted by Gasteiger charge is 2.17. The largest absolute Gasteiger partial charge is 0.444 e. The van der Waals surface area contributed by atoms with Crippen LogP contribution in [-0.4, -0.2) is 27.1 Å². The summed E-state index contributed by atoms with van der Waals surface area (Å²) < 4.78 is 4.98. The molecule has 0 unspecified atom stereocenters. The minimum Gasteiger partial charge on any atom is -0.444 e. The number of ether oxygens (including phenoxy) is 1. The topological polar surface area (TPSA) is 106 Å². The molecule has 0 fully saturated rings. The molecule has 0 spiro atoms. The number of nitrogens with zero attached hydrogens (tertiary/aromatic N) is 2. The molecule has 7 heteroatoms. The Morgan fingerprint density at radius 2 is 2.14 bits per heavy atom. The van der Waals surface area contributed by atoms with Gasteiger partial charge in [-0.1, -0.05) is 0 Å². The first-order valence-corrected chi connectivity index (χ1v) is 4.05. The zero-order chi connectivity index (χ0) is 10.8. The van der Waals surface area contributed by atoms with Crippen molar-refractivity contribution in [3.63, 3.8) is 0 Å². The molecule has 1 aromatic rings. The lowest BCUT2D eigenvalue weighted by atomic mass is 10.2. The quantitative estimate of drug-likeness (QED) is 0.618. The van der Waals surface area contributed by atoms with Crippen LogP contribution >= 0.6 is 0 Å². The first kappa shape index (κ1) is 10.3. The summed E-state index contributed by atoms with van der Waals surface area (Å²) in [4.78, 5) is 11.2. The lowest BCUT2D eigenvalue weighted by Crippen LogP contribution is -2.27. The third-order valence-electron chi connectivity index (χ3n) is 1.19. The summed E-state index contributed by atoms with van der Waals surface area (Å²) in [5, 5.41) is 11.8. The summed E-state index contributed by atoms with van der Waals surface area (Å²) in [6.07, 6.45) is -0.613. The maximum Gasteiger partial charge on any atom is 0.413 e. The van der Waals surface area contributed by atoms with E-state index in [0.717, 1.165) is 0 Å². The van der Waals surface area contributed by atoms with Crippen molar-refractivity contribution in [1.82, 2.24) is 15.4 Å². The van der Waals surface area contributed by atoms with Crippen LogP contribution in [0.5, 0.6) is 0 Å². The Morgan fingerprint density at radius 3 is 2.57 bits per heavy atom. The first-order valence-electron chi connectivity index (χ1n) is 4.05. The Bertz CT molecular complexity index is 327. The van der Waals surface area contributed by atoms with Gasteiger partial charge in [-0.25, -0.2) is 4.79 Å². The Labute approximate surface area is 81.0 Å². The fourth-order valence-electron chi connectivity index (χ4n) is 0.731. The third kappa shape index (κ3) is 2.92. The van der Waals surface area contributed by atoms with Crippen molar-refractivity contribution >= 4 is 17.7 Å². The van der Waals surface area contributed by atoms with Crippen molar-refractivity contribution in [3.8, 4) is 0 Å². The Morgan fingerprint density at radius 1 is 1.50 bits per heavy atom. The van der Waals surface area contributed by atoms with Crippen LogP contribution in [0.3, 0.4) is 0 Å². The molecule has 0 aliphatic heterocycles. The molecule has 1 heterocycles. The maximum atomic E-state index is 11.2. The number of H-pyrrole nitrogens is 1. The number of carbonyl (C=O) groups excluding carboxylic acids is 1. The molecule has 0 atom stereocenters. The molecule has 1 aromatic heterocycles. The summed E-state index contributed by atoms with van der Waals surface area (Å²) in [6.45, 7) is 5.29. The van der Waals surface area contributed by atoms with E-state index in [4.69, 9.17) is 10.5 Å². The highest BCUT2D eigenvalue weighted by molar-refractivity contribution is 5.86. The number of hydrogen-bond acceptors (Lipinski definition) is 5. The van der Waals surface area contributed by atoms with Crippen molar-refractivity contribution in [2.75, 3.05) is 11.1 Å². The molecule has 0 saturated carbocycles. The van der Waals surface area contributed by atoms with Crippen molar-refractivity contribution < 1.29 is 9.53 Å². The number of nitrogens with two attached hydrogens (primary N) is 1. The van der Waals surface area contributed by atoms with Crippen LogP contribution in [0.1, 0.15) is 20.8 Å². The van der Waals surface area contributed by atoms with Crippen molar-refractivity contribution in [1.29, 1.82) is 0 Å². The smallest absolute Gasteiger partial charge is 0.413 e. The Kier molecular flexibility index (Phi) is 2.59. The van der Waals surface area contributed by atoms with Crippen LogP contribution in [-0.2, 0) is 4.74 Å². The molecule has 0 bridgehead atoms. The van der Waals surface area contributed by atoms with Gasteiger partial charge < -0.3 is 10.5 Å². The molecule has 1 amide bonds. The molecular formula is C7H13N5O2. The predicted molar refractivity (Wildman–Crippen MR) is 50.7 cm³/mol. The lowest BCUT2D eigenvalue weighted by Gasteiger charge is -2.18. The van der Waals surface area contributed by atoms with Gasteiger partial charge in [0, 0.05) is 0 Å². The second-order valence-electron chi connectivity index (χ2n) is 3.68. The molecule has 0 saturated heterocycles. The van der Waals surface area contributed by atoms with Gasteiger partial charge in [0.25, 0.3) is 0 Å². The number of nitrogen functional groups attached to an aromatic ring is 1. The number of anilines is 2. The van der Waals surface area contributed by atoms with E-state index >= 15 is 0 Å². The van der Waals surface area contributed by atoms with Gasteiger partial charge in [-0.2, -0.15) is 5.21 Å². The predicted octanol–water partition coefficient (Wildman–Crippen LogP) is 0.734. The van der Waals surface area contributed by atoms with Crippen LogP contribution in [0.25, 0.3) is 0 Å². The van der Waals surface area contributed by atoms with Gasteiger partial charge in [-0.15, -0.1) is 10.2 Å². The number of nitrogens with one attached hydrogen (secondary N) is 2. The van der Waals surface area contributed by atoms with Crippen LogP contribution in [0.2, 0.25) is 0 Å².